The van der Waals surface area contributed by atoms with Crippen molar-refractivity contribution in [2.24, 2.45) is 0 Å². The van der Waals surface area contributed by atoms with Crippen LogP contribution in [0.2, 0.25) is 0 Å². The van der Waals surface area contributed by atoms with Crippen LogP contribution >= 0.6 is 11.3 Å². The molecule has 2 aromatic carbocycles. The highest BCUT2D eigenvalue weighted by molar-refractivity contribution is 7.22. The second-order valence-corrected chi connectivity index (χ2v) is 8.68. The summed E-state index contributed by atoms with van der Waals surface area (Å²) in [6.07, 6.45) is 3.25. The van der Waals surface area contributed by atoms with E-state index in [1.54, 1.807) is 23.1 Å². The summed E-state index contributed by atoms with van der Waals surface area (Å²) < 4.78 is 20.3. The van der Waals surface area contributed by atoms with Gasteiger partial charge < -0.3 is 9.64 Å². The van der Waals surface area contributed by atoms with Gasteiger partial charge in [-0.25, -0.2) is 9.37 Å². The Labute approximate surface area is 193 Å². The van der Waals surface area contributed by atoms with E-state index >= 15 is 0 Å². The van der Waals surface area contributed by atoms with Gasteiger partial charge in [0.2, 0.25) is 0 Å². The van der Waals surface area contributed by atoms with Crippen molar-refractivity contribution in [3.8, 4) is 5.75 Å². The molecule has 0 fully saturated rings. The zero-order valence-corrected chi connectivity index (χ0v) is 20.0. The van der Waals surface area contributed by atoms with Crippen molar-refractivity contribution in [3.63, 3.8) is 0 Å². The fourth-order valence-electron chi connectivity index (χ4n) is 3.48. The van der Waals surface area contributed by atoms with Gasteiger partial charge in [0.1, 0.15) is 11.6 Å². The standard InChI is InChI=1S/C25H32FN3O2S/c1-4-7-8-16-31-21-11-9-10-19(17-21)24(30)29(15-14-28(5-2)6-3)25-27-22-13-12-20(26)18-23(22)32-25/h9-13,17-18H,4-8,14-16H2,1-3H3. The number of carbonyl (C=O) groups excluding carboxylic acids is 1. The summed E-state index contributed by atoms with van der Waals surface area (Å²) in [5, 5.41) is 0.581. The summed E-state index contributed by atoms with van der Waals surface area (Å²) in [5.74, 6) is 0.263. The van der Waals surface area contributed by atoms with Crippen molar-refractivity contribution >= 4 is 32.6 Å². The highest BCUT2D eigenvalue weighted by atomic mass is 32.1. The maximum absolute atomic E-state index is 13.7. The molecule has 3 aromatic rings. The topological polar surface area (TPSA) is 45.7 Å². The molecule has 0 bridgehead atoms. The van der Waals surface area contributed by atoms with Crippen molar-refractivity contribution in [1.29, 1.82) is 0 Å². The molecule has 0 aliphatic heterocycles. The van der Waals surface area contributed by atoms with Gasteiger partial charge in [-0.3, -0.25) is 9.69 Å². The van der Waals surface area contributed by atoms with Gasteiger partial charge in [-0.1, -0.05) is 51.0 Å². The number of benzene rings is 2. The molecule has 0 N–H and O–H groups in total. The number of ether oxygens (including phenoxy) is 1. The van der Waals surface area contributed by atoms with E-state index in [1.165, 1.54) is 23.5 Å². The van der Waals surface area contributed by atoms with E-state index < -0.39 is 0 Å². The van der Waals surface area contributed by atoms with Crippen LogP contribution < -0.4 is 9.64 Å². The third kappa shape index (κ3) is 6.26. The SMILES string of the molecule is CCCCCOc1cccc(C(=O)N(CCN(CC)CC)c2nc3ccc(F)cc3s2)c1. The first-order valence-electron chi connectivity index (χ1n) is 11.4. The number of amides is 1. The Hall–Kier alpha value is -2.51. The molecule has 0 atom stereocenters. The largest absolute Gasteiger partial charge is 0.494 e. The number of nitrogens with zero attached hydrogens (tertiary/aromatic N) is 3. The number of hydrogen-bond donors (Lipinski definition) is 0. The van der Waals surface area contributed by atoms with Crippen LogP contribution in [0.5, 0.6) is 5.75 Å². The minimum atomic E-state index is -0.304. The summed E-state index contributed by atoms with van der Waals surface area (Å²) in [4.78, 5) is 22.2. The summed E-state index contributed by atoms with van der Waals surface area (Å²) in [6.45, 7) is 10.1. The Kier molecular flexibility index (Phi) is 9.00. The lowest BCUT2D eigenvalue weighted by atomic mass is 10.2. The van der Waals surface area contributed by atoms with E-state index in [2.05, 4.69) is 30.7 Å². The molecule has 0 aliphatic carbocycles. The molecule has 1 amide bonds. The number of unbranched alkanes of at least 4 members (excludes halogenated alkanes) is 2. The molecule has 0 radical (unpaired) electrons. The van der Waals surface area contributed by atoms with E-state index in [-0.39, 0.29) is 11.7 Å². The Morgan fingerprint density at radius 1 is 1.06 bits per heavy atom. The third-order valence-corrected chi connectivity index (χ3v) is 6.49. The molecule has 3 rings (SSSR count). The van der Waals surface area contributed by atoms with E-state index in [9.17, 15) is 9.18 Å². The quantitative estimate of drug-likeness (QED) is 0.313. The lowest BCUT2D eigenvalue weighted by Crippen LogP contribution is -2.38. The number of aromatic nitrogens is 1. The summed E-state index contributed by atoms with van der Waals surface area (Å²) in [6, 6.07) is 11.8. The average molecular weight is 458 g/mol. The molecular weight excluding hydrogens is 425 g/mol. The lowest BCUT2D eigenvalue weighted by Gasteiger charge is -2.25. The number of hydrogen-bond acceptors (Lipinski definition) is 5. The van der Waals surface area contributed by atoms with Gasteiger partial charge in [-0.15, -0.1) is 0 Å². The first-order chi connectivity index (χ1) is 15.5. The molecule has 0 saturated carbocycles. The second-order valence-electron chi connectivity index (χ2n) is 7.68. The first kappa shape index (κ1) is 24.1. The Morgan fingerprint density at radius 3 is 2.62 bits per heavy atom. The van der Waals surface area contributed by atoms with Crippen molar-refractivity contribution in [1.82, 2.24) is 9.88 Å². The van der Waals surface area contributed by atoms with Crippen LogP contribution in [0.15, 0.2) is 42.5 Å². The fraction of sp³-hybridized carbons (Fsp3) is 0.440. The molecule has 0 saturated heterocycles. The Balaban J connectivity index is 1.85. The predicted molar refractivity (Wildman–Crippen MR) is 131 cm³/mol. The molecule has 172 valence electrons. The molecule has 1 aromatic heterocycles. The minimum absolute atomic E-state index is 0.129. The number of carbonyl (C=O) groups is 1. The maximum Gasteiger partial charge on any atom is 0.260 e. The third-order valence-electron chi connectivity index (χ3n) is 5.45. The Morgan fingerprint density at radius 2 is 1.88 bits per heavy atom. The summed E-state index contributed by atoms with van der Waals surface area (Å²) in [5.41, 5.74) is 1.25. The van der Waals surface area contributed by atoms with Gasteiger partial charge in [0, 0.05) is 18.7 Å². The smallest absolute Gasteiger partial charge is 0.260 e. The highest BCUT2D eigenvalue weighted by Crippen LogP contribution is 2.30. The minimum Gasteiger partial charge on any atom is -0.494 e. The van der Waals surface area contributed by atoms with Gasteiger partial charge in [-0.05, 0) is 55.9 Å². The van der Waals surface area contributed by atoms with Crippen LogP contribution in [-0.4, -0.2) is 48.6 Å². The highest BCUT2D eigenvalue weighted by Gasteiger charge is 2.22. The molecule has 32 heavy (non-hydrogen) atoms. The lowest BCUT2D eigenvalue weighted by molar-refractivity contribution is 0.0983. The number of fused-ring (bicyclic) bond motifs is 1. The normalized spacial score (nSPS) is 11.3. The van der Waals surface area contributed by atoms with E-state index in [0.717, 1.165) is 43.6 Å². The van der Waals surface area contributed by atoms with E-state index in [1.807, 2.05) is 12.1 Å². The molecule has 0 unspecified atom stereocenters. The second kappa shape index (κ2) is 11.9. The van der Waals surface area contributed by atoms with Crippen molar-refractivity contribution in [2.75, 3.05) is 37.7 Å². The van der Waals surface area contributed by atoms with Gasteiger partial charge in [-0.2, -0.15) is 0 Å². The predicted octanol–water partition coefficient (Wildman–Crippen LogP) is 5.99. The monoisotopic (exact) mass is 457 g/mol. The van der Waals surface area contributed by atoms with E-state index in [4.69, 9.17) is 4.74 Å². The van der Waals surface area contributed by atoms with Gasteiger partial charge in [0.15, 0.2) is 5.13 Å². The van der Waals surface area contributed by atoms with Gasteiger partial charge in [0.05, 0.1) is 16.8 Å². The summed E-state index contributed by atoms with van der Waals surface area (Å²) in [7, 11) is 0. The van der Waals surface area contributed by atoms with Gasteiger partial charge in [0.25, 0.3) is 5.91 Å². The zero-order valence-electron chi connectivity index (χ0n) is 19.1. The average Bonchev–Trinajstić information content (AvgIpc) is 3.22. The Bertz CT molecular complexity index is 1020. The number of likely N-dealkylation sites (N-methyl/N-ethyl adjacent to an activating group) is 1. The van der Waals surface area contributed by atoms with Crippen LogP contribution in [0.3, 0.4) is 0 Å². The van der Waals surface area contributed by atoms with Crippen LogP contribution in [0.1, 0.15) is 50.4 Å². The van der Waals surface area contributed by atoms with Crippen LogP contribution in [-0.2, 0) is 0 Å². The van der Waals surface area contributed by atoms with Crippen LogP contribution in [0.4, 0.5) is 9.52 Å². The number of anilines is 1. The molecule has 0 spiro atoms. The van der Waals surface area contributed by atoms with Gasteiger partial charge >= 0.3 is 0 Å². The molecule has 7 heteroatoms. The summed E-state index contributed by atoms with van der Waals surface area (Å²) >= 11 is 1.34. The number of thiazole rings is 1. The van der Waals surface area contributed by atoms with Crippen LogP contribution in [0, 0.1) is 5.82 Å². The first-order valence-corrected chi connectivity index (χ1v) is 12.2. The molecule has 1 heterocycles. The van der Waals surface area contributed by atoms with Crippen LogP contribution in [0.25, 0.3) is 10.2 Å². The molecular formula is C25H32FN3O2S. The van der Waals surface area contributed by atoms with E-state index in [0.29, 0.717) is 35.1 Å². The molecule has 0 aliphatic rings. The molecule has 5 nitrogen and oxygen atoms in total. The maximum atomic E-state index is 13.7. The zero-order chi connectivity index (χ0) is 22.9. The van der Waals surface area contributed by atoms with Crippen molar-refractivity contribution < 1.29 is 13.9 Å². The fourth-order valence-corrected chi connectivity index (χ4v) is 4.50. The van der Waals surface area contributed by atoms with Crippen molar-refractivity contribution in [2.45, 2.75) is 40.0 Å². The number of halogens is 1. The number of rotatable bonds is 12. The van der Waals surface area contributed by atoms with Crippen molar-refractivity contribution in [3.05, 3.63) is 53.8 Å².